The van der Waals surface area contributed by atoms with E-state index in [-0.39, 0.29) is 5.91 Å². The summed E-state index contributed by atoms with van der Waals surface area (Å²) in [5.41, 5.74) is 3.54. The minimum Gasteiger partial charge on any atom is -0.436 e. The molecule has 0 unspecified atom stereocenters. The first-order chi connectivity index (χ1) is 12.6. The number of aromatic nitrogens is 1. The minimum atomic E-state index is -0.182. The van der Waals surface area contributed by atoms with Gasteiger partial charge in [0, 0.05) is 19.3 Å². The summed E-state index contributed by atoms with van der Waals surface area (Å²) >= 11 is 5.65. The zero-order chi connectivity index (χ0) is 18.1. The quantitative estimate of drug-likeness (QED) is 0.333. The molecule has 1 aromatic heterocycles. The minimum absolute atomic E-state index is 0.182. The van der Waals surface area contributed by atoms with Crippen LogP contribution in [0.5, 0.6) is 0 Å². The molecule has 0 radical (unpaired) electrons. The number of fused-ring (bicyclic) bond motifs is 1. The van der Waals surface area contributed by atoms with Crippen molar-refractivity contribution >= 4 is 61.2 Å². The summed E-state index contributed by atoms with van der Waals surface area (Å²) in [4.78, 5) is 17.0. The molecule has 1 heterocycles. The van der Waals surface area contributed by atoms with Crippen molar-refractivity contribution in [2.24, 2.45) is 0 Å². The first-order valence-electron chi connectivity index (χ1n) is 7.82. The van der Waals surface area contributed by atoms with E-state index in [4.69, 9.17) is 4.42 Å². The van der Waals surface area contributed by atoms with Gasteiger partial charge in [-0.25, -0.2) is 4.98 Å². The monoisotopic (exact) mass is 518 g/mol. The van der Waals surface area contributed by atoms with Crippen molar-refractivity contribution in [3.05, 3.63) is 80.3 Å². The van der Waals surface area contributed by atoms with Crippen molar-refractivity contribution in [3.63, 3.8) is 0 Å². The lowest BCUT2D eigenvalue weighted by Crippen LogP contribution is -2.12. The Morgan fingerprint density at radius 3 is 2.69 bits per heavy atom. The molecule has 0 aliphatic rings. The molecule has 26 heavy (non-hydrogen) atoms. The van der Waals surface area contributed by atoms with Gasteiger partial charge in [-0.1, -0.05) is 18.2 Å². The SMILES string of the molecule is O=C(Nc1ccc2oc(-c3cccc(I)c3)nc2c1)c1ccccc1Br. The van der Waals surface area contributed by atoms with Crippen LogP contribution >= 0.6 is 38.5 Å². The third kappa shape index (κ3) is 3.52. The second-order valence-electron chi connectivity index (χ2n) is 5.65. The number of carbonyl (C=O) groups excluding carboxylic acids is 1. The number of amides is 1. The molecule has 1 amide bonds. The number of rotatable bonds is 3. The number of hydrogen-bond acceptors (Lipinski definition) is 3. The first-order valence-corrected chi connectivity index (χ1v) is 9.70. The number of oxazole rings is 1. The largest absolute Gasteiger partial charge is 0.436 e. The third-order valence-electron chi connectivity index (χ3n) is 3.84. The van der Waals surface area contributed by atoms with E-state index in [1.165, 1.54) is 0 Å². The summed E-state index contributed by atoms with van der Waals surface area (Å²) in [6, 6.07) is 20.7. The number of anilines is 1. The van der Waals surface area contributed by atoms with Crippen molar-refractivity contribution in [3.8, 4) is 11.5 Å². The molecule has 3 aromatic carbocycles. The van der Waals surface area contributed by atoms with Gasteiger partial charge in [-0.15, -0.1) is 0 Å². The zero-order valence-corrected chi connectivity index (χ0v) is 17.1. The van der Waals surface area contributed by atoms with Crippen LogP contribution in [-0.4, -0.2) is 10.9 Å². The zero-order valence-electron chi connectivity index (χ0n) is 13.4. The summed E-state index contributed by atoms with van der Waals surface area (Å²) in [6.45, 7) is 0. The molecule has 0 bridgehead atoms. The number of hydrogen-bond donors (Lipinski definition) is 1. The molecule has 4 rings (SSSR count). The van der Waals surface area contributed by atoms with Crippen molar-refractivity contribution in [2.45, 2.75) is 0 Å². The van der Waals surface area contributed by atoms with E-state index in [0.717, 1.165) is 13.6 Å². The molecule has 128 valence electrons. The number of benzene rings is 3. The summed E-state index contributed by atoms with van der Waals surface area (Å²) in [6.07, 6.45) is 0. The van der Waals surface area contributed by atoms with Crippen LogP contribution in [0.15, 0.2) is 75.6 Å². The standard InChI is InChI=1S/C20H12BrIN2O2/c21-16-7-2-1-6-15(16)19(25)23-14-8-9-18-17(11-14)24-20(26-18)12-4-3-5-13(22)10-12/h1-11H,(H,23,25). The predicted molar refractivity (Wildman–Crippen MR) is 114 cm³/mol. The molecule has 1 N–H and O–H groups in total. The number of halogens is 2. The van der Waals surface area contributed by atoms with Gasteiger partial charge in [-0.2, -0.15) is 0 Å². The Kier molecular flexibility index (Phi) is 4.78. The number of nitrogens with zero attached hydrogens (tertiary/aromatic N) is 1. The van der Waals surface area contributed by atoms with E-state index in [1.807, 2.05) is 54.6 Å². The predicted octanol–water partition coefficient (Wildman–Crippen LogP) is 6.11. The molecule has 0 fully saturated rings. The van der Waals surface area contributed by atoms with Gasteiger partial charge in [0.25, 0.3) is 5.91 Å². The van der Waals surface area contributed by atoms with Crippen LogP contribution in [-0.2, 0) is 0 Å². The Hall–Kier alpha value is -2.19. The van der Waals surface area contributed by atoms with Gasteiger partial charge < -0.3 is 9.73 Å². The maximum absolute atomic E-state index is 12.4. The van der Waals surface area contributed by atoms with Crippen molar-refractivity contribution in [1.82, 2.24) is 4.98 Å². The molecule has 0 atom stereocenters. The summed E-state index contributed by atoms with van der Waals surface area (Å²) < 4.78 is 7.70. The molecule has 0 saturated carbocycles. The average molecular weight is 519 g/mol. The molecule has 0 saturated heterocycles. The Bertz CT molecular complexity index is 1120. The van der Waals surface area contributed by atoms with Crippen molar-refractivity contribution in [1.29, 1.82) is 0 Å². The average Bonchev–Trinajstić information content (AvgIpc) is 3.05. The van der Waals surface area contributed by atoms with Crippen molar-refractivity contribution in [2.75, 3.05) is 5.32 Å². The maximum Gasteiger partial charge on any atom is 0.256 e. The lowest BCUT2D eigenvalue weighted by Gasteiger charge is -2.06. The van der Waals surface area contributed by atoms with Crippen LogP contribution in [0.25, 0.3) is 22.6 Å². The fraction of sp³-hybridized carbons (Fsp3) is 0. The Morgan fingerprint density at radius 2 is 1.88 bits per heavy atom. The second-order valence-corrected chi connectivity index (χ2v) is 7.75. The van der Waals surface area contributed by atoms with Gasteiger partial charge in [0.05, 0.1) is 5.56 Å². The van der Waals surface area contributed by atoms with E-state index in [9.17, 15) is 4.79 Å². The molecule has 6 heteroatoms. The highest BCUT2D eigenvalue weighted by molar-refractivity contribution is 14.1. The lowest BCUT2D eigenvalue weighted by atomic mass is 10.2. The summed E-state index contributed by atoms with van der Waals surface area (Å²) in [5, 5.41) is 2.90. The Labute approximate surface area is 171 Å². The highest BCUT2D eigenvalue weighted by Crippen LogP contribution is 2.27. The molecule has 4 aromatic rings. The van der Waals surface area contributed by atoms with Gasteiger partial charge in [-0.3, -0.25) is 4.79 Å². The molecule has 4 nitrogen and oxygen atoms in total. The van der Waals surface area contributed by atoms with E-state index >= 15 is 0 Å². The van der Waals surface area contributed by atoms with Crippen LogP contribution in [0.4, 0.5) is 5.69 Å². The number of nitrogens with one attached hydrogen (secondary N) is 1. The third-order valence-corrected chi connectivity index (χ3v) is 5.20. The Morgan fingerprint density at radius 1 is 1.04 bits per heavy atom. The normalized spacial score (nSPS) is 10.8. The maximum atomic E-state index is 12.4. The van der Waals surface area contributed by atoms with Crippen LogP contribution < -0.4 is 5.32 Å². The van der Waals surface area contributed by atoms with Crippen LogP contribution in [0.3, 0.4) is 0 Å². The fourth-order valence-corrected chi connectivity index (χ4v) is 3.60. The summed E-state index contributed by atoms with van der Waals surface area (Å²) in [7, 11) is 0. The van der Waals surface area contributed by atoms with Crippen LogP contribution in [0.2, 0.25) is 0 Å². The lowest BCUT2D eigenvalue weighted by molar-refractivity contribution is 0.102. The summed E-state index contributed by atoms with van der Waals surface area (Å²) in [5.74, 6) is 0.381. The van der Waals surface area contributed by atoms with Crippen LogP contribution in [0.1, 0.15) is 10.4 Å². The second kappa shape index (κ2) is 7.20. The van der Waals surface area contributed by atoms with Gasteiger partial charge in [0.2, 0.25) is 5.89 Å². The smallest absolute Gasteiger partial charge is 0.256 e. The Balaban J connectivity index is 1.64. The van der Waals surface area contributed by atoms with E-state index in [1.54, 1.807) is 12.1 Å². The van der Waals surface area contributed by atoms with E-state index in [0.29, 0.717) is 28.2 Å². The topological polar surface area (TPSA) is 55.1 Å². The molecular formula is C20H12BrIN2O2. The highest BCUT2D eigenvalue weighted by atomic mass is 127. The van der Waals surface area contributed by atoms with Gasteiger partial charge in [0.15, 0.2) is 5.58 Å². The molecular weight excluding hydrogens is 507 g/mol. The van der Waals surface area contributed by atoms with E-state index in [2.05, 4.69) is 48.8 Å². The van der Waals surface area contributed by atoms with Crippen LogP contribution in [0, 0.1) is 3.57 Å². The van der Waals surface area contributed by atoms with E-state index < -0.39 is 0 Å². The molecule has 0 aliphatic carbocycles. The number of carbonyl (C=O) groups is 1. The molecule has 0 spiro atoms. The van der Waals surface area contributed by atoms with Gasteiger partial charge in [-0.05, 0) is 87.1 Å². The first kappa shape index (κ1) is 17.2. The molecule has 0 aliphatic heterocycles. The van der Waals surface area contributed by atoms with Gasteiger partial charge >= 0.3 is 0 Å². The highest BCUT2D eigenvalue weighted by Gasteiger charge is 2.12. The van der Waals surface area contributed by atoms with Gasteiger partial charge in [0.1, 0.15) is 5.52 Å². The fourth-order valence-electron chi connectivity index (χ4n) is 2.59. The van der Waals surface area contributed by atoms with Crippen molar-refractivity contribution < 1.29 is 9.21 Å².